The molecule has 0 atom stereocenters. The summed E-state index contributed by atoms with van der Waals surface area (Å²) in [4.78, 5) is 15.7. The van der Waals surface area contributed by atoms with Crippen LogP contribution in [0.25, 0.3) is 22.5 Å². The summed E-state index contributed by atoms with van der Waals surface area (Å²) >= 11 is 0. The summed E-state index contributed by atoms with van der Waals surface area (Å²) in [6.07, 6.45) is 10.3. The molecule has 7 heteroatoms. The maximum absolute atomic E-state index is 13.6. The first-order valence-electron chi connectivity index (χ1n) is 12.0. The molecule has 1 fully saturated rings. The van der Waals surface area contributed by atoms with Crippen LogP contribution in [0.2, 0.25) is 0 Å². The number of nitrogens with zero attached hydrogens (tertiary/aromatic N) is 4. The van der Waals surface area contributed by atoms with E-state index in [2.05, 4.69) is 21.9 Å². The smallest absolute Gasteiger partial charge is 0.248 e. The number of nitrogens with one attached hydrogen (secondary N) is 1. The van der Waals surface area contributed by atoms with Gasteiger partial charge in [-0.1, -0.05) is 36.9 Å². The molecule has 1 N–H and O–H groups in total. The number of allylic oxidation sites excluding steroid dienone is 4. The largest absolute Gasteiger partial charge is 0.383 e. The molecule has 1 aliphatic carbocycles. The van der Waals surface area contributed by atoms with Crippen molar-refractivity contribution in [1.29, 1.82) is 0 Å². The highest BCUT2D eigenvalue weighted by atomic mass is 19.3. The number of aliphatic imine (C=N–C) groups is 1. The molecule has 0 spiro atoms. The number of hydrogen-bond donors (Lipinski definition) is 1. The highest BCUT2D eigenvalue weighted by molar-refractivity contribution is 6.11. The van der Waals surface area contributed by atoms with Crippen LogP contribution in [-0.2, 0) is 0 Å². The standard InChI is InChI=1S/C28H35F2N5/c1-6-21(17-31-3)25-18-33-26(24-10-8-9-23(15-24)22(7-2)19-35(4)5)34-27(25)32-16-20-11-13-28(29,30)14-12-20/h6-10,15,17-20H,2,11-14,16H2,1,3-5H3,(H,32,33,34)/b21-6+,22-19+,31-17-. The van der Waals surface area contributed by atoms with Crippen molar-refractivity contribution < 1.29 is 8.78 Å². The molecule has 186 valence electrons. The fraction of sp³-hybridized carbons (Fsp3) is 0.393. The summed E-state index contributed by atoms with van der Waals surface area (Å²) < 4.78 is 27.2. The van der Waals surface area contributed by atoms with Crippen molar-refractivity contribution >= 4 is 23.2 Å². The Balaban J connectivity index is 1.94. The average Bonchev–Trinajstić information content (AvgIpc) is 2.85. The summed E-state index contributed by atoms with van der Waals surface area (Å²) in [7, 11) is 5.66. The third-order valence-corrected chi connectivity index (χ3v) is 6.15. The van der Waals surface area contributed by atoms with Crippen molar-refractivity contribution in [3.8, 4) is 11.4 Å². The van der Waals surface area contributed by atoms with Crippen LogP contribution in [0.15, 0.2) is 60.4 Å². The molecule has 0 unspecified atom stereocenters. The molecule has 5 nitrogen and oxygen atoms in total. The zero-order valence-corrected chi connectivity index (χ0v) is 21.1. The van der Waals surface area contributed by atoms with Crippen molar-refractivity contribution in [2.75, 3.05) is 33.0 Å². The Morgan fingerprint density at radius 2 is 2.00 bits per heavy atom. The predicted octanol–water partition coefficient (Wildman–Crippen LogP) is 6.57. The fourth-order valence-corrected chi connectivity index (χ4v) is 4.21. The zero-order chi connectivity index (χ0) is 25.4. The van der Waals surface area contributed by atoms with Gasteiger partial charge in [0.15, 0.2) is 5.82 Å². The van der Waals surface area contributed by atoms with E-state index in [-0.39, 0.29) is 18.8 Å². The molecule has 35 heavy (non-hydrogen) atoms. The number of aromatic nitrogens is 2. The highest BCUT2D eigenvalue weighted by Gasteiger charge is 2.34. The molecular weight excluding hydrogens is 444 g/mol. The molecule has 2 aromatic rings. The van der Waals surface area contributed by atoms with Gasteiger partial charge in [-0.3, -0.25) is 4.99 Å². The first-order chi connectivity index (χ1) is 16.8. The SMILES string of the molecule is C=C/C(=C\N(C)C)c1cccc(-c2ncc(C(/C=N\C)=C/C)c(NCC3CCC(F)(F)CC3)n2)c1. The van der Waals surface area contributed by atoms with Gasteiger partial charge in [0.2, 0.25) is 5.92 Å². The Hall–Kier alpha value is -3.35. The maximum Gasteiger partial charge on any atom is 0.248 e. The van der Waals surface area contributed by atoms with E-state index in [1.165, 1.54) is 0 Å². The van der Waals surface area contributed by atoms with Gasteiger partial charge in [-0.15, -0.1) is 0 Å². The van der Waals surface area contributed by atoms with Crippen molar-refractivity contribution in [3.63, 3.8) is 0 Å². The topological polar surface area (TPSA) is 53.4 Å². The lowest BCUT2D eigenvalue weighted by Gasteiger charge is -2.28. The second-order valence-corrected chi connectivity index (χ2v) is 9.10. The molecule has 1 heterocycles. The minimum atomic E-state index is -2.53. The van der Waals surface area contributed by atoms with E-state index in [0.717, 1.165) is 27.8 Å². The zero-order valence-electron chi connectivity index (χ0n) is 21.1. The summed E-state index contributed by atoms with van der Waals surface area (Å²) in [6, 6.07) is 8.03. The lowest BCUT2D eigenvalue weighted by molar-refractivity contribution is -0.0443. The van der Waals surface area contributed by atoms with Gasteiger partial charge in [-0.25, -0.2) is 18.7 Å². The van der Waals surface area contributed by atoms with Crippen LogP contribution in [0.1, 0.15) is 43.7 Å². The maximum atomic E-state index is 13.6. The summed E-state index contributed by atoms with van der Waals surface area (Å²) in [6.45, 7) is 6.47. The van der Waals surface area contributed by atoms with Gasteiger partial charge < -0.3 is 10.2 Å². The number of halogens is 2. The van der Waals surface area contributed by atoms with Crippen LogP contribution in [-0.4, -0.2) is 54.7 Å². The third-order valence-electron chi connectivity index (χ3n) is 6.15. The van der Waals surface area contributed by atoms with Crippen molar-refractivity contribution in [2.24, 2.45) is 10.9 Å². The Morgan fingerprint density at radius 1 is 1.26 bits per heavy atom. The van der Waals surface area contributed by atoms with Gasteiger partial charge in [-0.2, -0.15) is 0 Å². The molecule has 3 rings (SSSR count). The Labute approximate surface area is 207 Å². The van der Waals surface area contributed by atoms with E-state index in [9.17, 15) is 8.78 Å². The molecule has 0 saturated heterocycles. The predicted molar refractivity (Wildman–Crippen MR) is 143 cm³/mol. The molecule has 0 bridgehead atoms. The van der Waals surface area contributed by atoms with Crippen molar-refractivity contribution in [3.05, 3.63) is 66.5 Å². The molecule has 0 aliphatic heterocycles. The lowest BCUT2D eigenvalue weighted by Crippen LogP contribution is -2.28. The fourth-order valence-electron chi connectivity index (χ4n) is 4.21. The number of rotatable bonds is 9. The summed E-state index contributed by atoms with van der Waals surface area (Å²) in [5.74, 6) is -1.08. The van der Waals surface area contributed by atoms with E-state index in [0.29, 0.717) is 31.0 Å². The molecule has 1 saturated carbocycles. The summed E-state index contributed by atoms with van der Waals surface area (Å²) in [5, 5.41) is 3.44. The second kappa shape index (κ2) is 11.9. The minimum Gasteiger partial charge on any atom is -0.383 e. The number of benzene rings is 1. The van der Waals surface area contributed by atoms with Crippen LogP contribution < -0.4 is 5.32 Å². The molecule has 0 radical (unpaired) electrons. The van der Waals surface area contributed by atoms with E-state index in [4.69, 9.17) is 4.98 Å². The van der Waals surface area contributed by atoms with Gasteiger partial charge >= 0.3 is 0 Å². The van der Waals surface area contributed by atoms with Crippen LogP contribution in [0.3, 0.4) is 0 Å². The van der Waals surface area contributed by atoms with Gasteiger partial charge in [0, 0.05) is 75.8 Å². The number of hydrogen-bond acceptors (Lipinski definition) is 5. The monoisotopic (exact) mass is 479 g/mol. The summed E-state index contributed by atoms with van der Waals surface area (Å²) in [5.41, 5.74) is 4.62. The van der Waals surface area contributed by atoms with E-state index in [1.807, 2.05) is 68.5 Å². The first-order valence-corrected chi connectivity index (χ1v) is 12.0. The van der Waals surface area contributed by atoms with Crippen LogP contribution in [0, 0.1) is 5.92 Å². The van der Waals surface area contributed by atoms with Gasteiger partial charge in [-0.05, 0) is 42.9 Å². The van der Waals surface area contributed by atoms with Crippen LogP contribution >= 0.6 is 0 Å². The Kier molecular flexibility index (Phi) is 8.90. The van der Waals surface area contributed by atoms with Crippen molar-refractivity contribution in [2.45, 2.75) is 38.5 Å². The van der Waals surface area contributed by atoms with E-state index >= 15 is 0 Å². The normalized spacial score (nSPS) is 17.0. The van der Waals surface area contributed by atoms with E-state index < -0.39 is 5.92 Å². The second-order valence-electron chi connectivity index (χ2n) is 9.10. The lowest BCUT2D eigenvalue weighted by atomic mass is 9.87. The number of anilines is 1. The molecule has 1 aromatic carbocycles. The molecule has 1 aromatic heterocycles. The Morgan fingerprint density at radius 3 is 2.63 bits per heavy atom. The Bertz CT molecular complexity index is 1110. The van der Waals surface area contributed by atoms with Gasteiger partial charge in [0.1, 0.15) is 5.82 Å². The molecular formula is C28H35F2N5. The van der Waals surface area contributed by atoms with E-state index in [1.54, 1.807) is 19.5 Å². The van der Waals surface area contributed by atoms with Gasteiger partial charge in [0.05, 0.1) is 0 Å². The first kappa shape index (κ1) is 26.3. The highest BCUT2D eigenvalue weighted by Crippen LogP contribution is 2.36. The average molecular weight is 480 g/mol. The van der Waals surface area contributed by atoms with Crippen LogP contribution in [0.5, 0.6) is 0 Å². The molecule has 1 aliphatic rings. The third kappa shape index (κ3) is 7.07. The van der Waals surface area contributed by atoms with Crippen LogP contribution in [0.4, 0.5) is 14.6 Å². The number of alkyl halides is 2. The van der Waals surface area contributed by atoms with Gasteiger partial charge in [0.25, 0.3) is 0 Å². The molecule has 0 amide bonds. The minimum absolute atomic E-state index is 0.0528. The van der Waals surface area contributed by atoms with Crippen molar-refractivity contribution in [1.82, 2.24) is 14.9 Å². The quantitative estimate of drug-likeness (QED) is 0.326.